The van der Waals surface area contributed by atoms with Crippen LogP contribution in [0.2, 0.25) is 0 Å². The zero-order valence-electron chi connectivity index (χ0n) is 11.9. The normalized spacial score (nSPS) is 18.7. The van der Waals surface area contributed by atoms with Gasteiger partial charge in [-0.05, 0) is 24.3 Å². The number of morpholine rings is 1. The van der Waals surface area contributed by atoms with Crippen molar-refractivity contribution in [2.75, 3.05) is 37.4 Å². The number of nitrogens with one attached hydrogen (secondary N) is 1. The van der Waals surface area contributed by atoms with Crippen LogP contribution in [-0.4, -0.2) is 43.7 Å². The molecule has 0 bridgehead atoms. The molecule has 3 N–H and O–H groups in total. The van der Waals surface area contributed by atoms with Crippen molar-refractivity contribution in [2.45, 2.75) is 6.04 Å². The lowest BCUT2D eigenvalue weighted by Crippen LogP contribution is -2.53. The van der Waals surface area contributed by atoms with Crippen molar-refractivity contribution in [1.29, 1.82) is 0 Å². The summed E-state index contributed by atoms with van der Waals surface area (Å²) in [5.74, 6) is -0.0462. The standard InChI is InChI=1S/C15H18N4O2/c1-17-15(20)14-9-21-7-6-19(14)13-4-5-18-12-8-10(16)2-3-11(12)13/h2-5,8,14H,6-7,9,16H2,1H3,(H,17,20). The van der Waals surface area contributed by atoms with Crippen LogP contribution in [0.3, 0.4) is 0 Å². The molecule has 1 saturated heterocycles. The Balaban J connectivity index is 2.07. The van der Waals surface area contributed by atoms with E-state index in [2.05, 4.69) is 15.2 Å². The van der Waals surface area contributed by atoms with Crippen LogP contribution in [-0.2, 0) is 9.53 Å². The maximum atomic E-state index is 12.1. The van der Waals surface area contributed by atoms with Crippen molar-refractivity contribution in [3.05, 3.63) is 30.5 Å². The van der Waals surface area contributed by atoms with Gasteiger partial charge < -0.3 is 20.7 Å². The molecule has 6 heteroatoms. The quantitative estimate of drug-likeness (QED) is 0.797. The summed E-state index contributed by atoms with van der Waals surface area (Å²) in [5, 5.41) is 3.68. The first-order valence-corrected chi connectivity index (χ1v) is 6.91. The average Bonchev–Trinajstić information content (AvgIpc) is 2.53. The Labute approximate surface area is 122 Å². The van der Waals surface area contributed by atoms with Crippen LogP contribution in [0.15, 0.2) is 30.5 Å². The average molecular weight is 286 g/mol. The van der Waals surface area contributed by atoms with Crippen LogP contribution >= 0.6 is 0 Å². The molecule has 1 aliphatic heterocycles. The summed E-state index contributed by atoms with van der Waals surface area (Å²) in [7, 11) is 1.64. The first kappa shape index (κ1) is 13.6. The Morgan fingerprint density at radius 2 is 2.33 bits per heavy atom. The van der Waals surface area contributed by atoms with Gasteiger partial charge in [0.05, 0.1) is 18.7 Å². The van der Waals surface area contributed by atoms with Gasteiger partial charge in [-0.15, -0.1) is 0 Å². The maximum absolute atomic E-state index is 12.1. The van der Waals surface area contributed by atoms with Crippen molar-refractivity contribution in [3.8, 4) is 0 Å². The molecule has 21 heavy (non-hydrogen) atoms. The predicted octanol–water partition coefficient (Wildman–Crippen LogP) is 0.768. The Morgan fingerprint density at radius 1 is 1.48 bits per heavy atom. The van der Waals surface area contributed by atoms with E-state index in [0.717, 1.165) is 16.6 Å². The molecule has 2 heterocycles. The third-order valence-electron chi connectivity index (χ3n) is 3.73. The van der Waals surface area contributed by atoms with E-state index in [9.17, 15) is 4.79 Å². The summed E-state index contributed by atoms with van der Waals surface area (Å²) in [6.07, 6.45) is 1.74. The molecule has 6 nitrogen and oxygen atoms in total. The zero-order chi connectivity index (χ0) is 14.8. The van der Waals surface area contributed by atoms with E-state index in [1.54, 1.807) is 13.2 Å². The number of pyridine rings is 1. The minimum atomic E-state index is -0.327. The second-order valence-corrected chi connectivity index (χ2v) is 5.01. The number of nitrogens with zero attached hydrogens (tertiary/aromatic N) is 2. The van der Waals surface area contributed by atoms with E-state index in [4.69, 9.17) is 10.5 Å². The number of anilines is 2. The number of nitrogens with two attached hydrogens (primary N) is 1. The molecular weight excluding hydrogens is 268 g/mol. The molecular formula is C15H18N4O2. The monoisotopic (exact) mass is 286 g/mol. The highest BCUT2D eigenvalue weighted by molar-refractivity contribution is 5.96. The molecule has 1 atom stereocenters. The largest absolute Gasteiger partial charge is 0.399 e. The van der Waals surface area contributed by atoms with E-state index >= 15 is 0 Å². The molecule has 110 valence electrons. The highest BCUT2D eigenvalue weighted by Crippen LogP contribution is 2.29. The second-order valence-electron chi connectivity index (χ2n) is 5.01. The van der Waals surface area contributed by atoms with Gasteiger partial charge in [0.1, 0.15) is 6.04 Å². The third-order valence-corrected chi connectivity index (χ3v) is 3.73. The summed E-state index contributed by atoms with van der Waals surface area (Å²) in [6, 6.07) is 7.24. The van der Waals surface area contributed by atoms with Crippen molar-refractivity contribution in [2.24, 2.45) is 0 Å². The Morgan fingerprint density at radius 3 is 3.14 bits per heavy atom. The van der Waals surface area contributed by atoms with E-state index in [-0.39, 0.29) is 11.9 Å². The van der Waals surface area contributed by atoms with Gasteiger partial charge in [-0.1, -0.05) is 0 Å². The fourth-order valence-electron chi connectivity index (χ4n) is 2.68. The Kier molecular flexibility index (Phi) is 3.62. The minimum absolute atomic E-state index is 0.0462. The van der Waals surface area contributed by atoms with Gasteiger partial charge >= 0.3 is 0 Å². The Hall–Kier alpha value is -2.34. The molecule has 1 aromatic carbocycles. The number of carbonyl (C=O) groups is 1. The molecule has 0 saturated carbocycles. The number of amides is 1. The molecule has 1 amide bonds. The molecule has 1 aromatic heterocycles. The van der Waals surface area contributed by atoms with Crippen LogP contribution in [0.5, 0.6) is 0 Å². The SMILES string of the molecule is CNC(=O)C1COCCN1c1ccnc2cc(N)ccc12. The first-order valence-electron chi connectivity index (χ1n) is 6.91. The number of carbonyl (C=O) groups excluding carboxylic acids is 1. The van der Waals surface area contributed by atoms with Crippen molar-refractivity contribution < 1.29 is 9.53 Å². The van der Waals surface area contributed by atoms with E-state index < -0.39 is 0 Å². The zero-order valence-corrected chi connectivity index (χ0v) is 11.9. The number of hydrogen-bond donors (Lipinski definition) is 2. The van der Waals surface area contributed by atoms with Gasteiger partial charge in [0.15, 0.2) is 0 Å². The number of ether oxygens (including phenoxy) is 1. The van der Waals surface area contributed by atoms with Crippen LogP contribution in [0.25, 0.3) is 10.9 Å². The number of benzene rings is 1. The maximum Gasteiger partial charge on any atom is 0.244 e. The van der Waals surface area contributed by atoms with Crippen molar-refractivity contribution in [1.82, 2.24) is 10.3 Å². The van der Waals surface area contributed by atoms with Gasteiger partial charge in [0.25, 0.3) is 0 Å². The molecule has 0 radical (unpaired) electrons. The fraction of sp³-hybridized carbons (Fsp3) is 0.333. The smallest absolute Gasteiger partial charge is 0.244 e. The first-order chi connectivity index (χ1) is 10.2. The number of nitrogen functional groups attached to an aromatic ring is 1. The highest BCUT2D eigenvalue weighted by Gasteiger charge is 2.29. The fourth-order valence-corrected chi connectivity index (χ4v) is 2.68. The van der Waals surface area contributed by atoms with Crippen molar-refractivity contribution >= 4 is 28.2 Å². The summed E-state index contributed by atoms with van der Waals surface area (Å²) in [5.41, 5.74) is 8.30. The highest BCUT2D eigenvalue weighted by atomic mass is 16.5. The van der Waals surface area contributed by atoms with Gasteiger partial charge in [-0.2, -0.15) is 0 Å². The Bertz CT molecular complexity index is 674. The molecule has 3 rings (SSSR count). The van der Waals surface area contributed by atoms with E-state index in [0.29, 0.717) is 25.4 Å². The lowest BCUT2D eigenvalue weighted by Gasteiger charge is -2.36. The lowest BCUT2D eigenvalue weighted by molar-refractivity contribution is -0.124. The van der Waals surface area contributed by atoms with Gasteiger partial charge in [-0.25, -0.2) is 0 Å². The molecule has 0 spiro atoms. The minimum Gasteiger partial charge on any atom is -0.399 e. The summed E-state index contributed by atoms with van der Waals surface area (Å²) in [4.78, 5) is 18.5. The predicted molar refractivity (Wildman–Crippen MR) is 82.2 cm³/mol. The van der Waals surface area contributed by atoms with Gasteiger partial charge in [0, 0.05) is 36.6 Å². The second kappa shape index (κ2) is 5.57. The van der Waals surface area contributed by atoms with Crippen LogP contribution < -0.4 is 16.0 Å². The summed E-state index contributed by atoms with van der Waals surface area (Å²) < 4.78 is 5.45. The molecule has 1 fully saturated rings. The lowest BCUT2D eigenvalue weighted by atomic mass is 10.1. The molecule has 2 aromatic rings. The summed E-state index contributed by atoms with van der Waals surface area (Å²) in [6.45, 7) is 1.66. The van der Waals surface area contributed by atoms with Crippen LogP contribution in [0.1, 0.15) is 0 Å². The molecule has 1 unspecified atom stereocenters. The number of hydrogen-bond acceptors (Lipinski definition) is 5. The summed E-state index contributed by atoms with van der Waals surface area (Å²) >= 11 is 0. The van der Waals surface area contributed by atoms with Crippen LogP contribution in [0.4, 0.5) is 11.4 Å². The number of aromatic nitrogens is 1. The third kappa shape index (κ3) is 2.50. The van der Waals surface area contributed by atoms with Crippen LogP contribution in [0, 0.1) is 0 Å². The van der Waals surface area contributed by atoms with E-state index in [1.807, 2.05) is 24.3 Å². The van der Waals surface area contributed by atoms with E-state index in [1.165, 1.54) is 0 Å². The number of likely N-dealkylation sites (N-methyl/N-ethyl adjacent to an activating group) is 1. The number of fused-ring (bicyclic) bond motifs is 1. The van der Waals surface area contributed by atoms with Gasteiger partial charge in [-0.3, -0.25) is 9.78 Å². The number of rotatable bonds is 2. The topological polar surface area (TPSA) is 80.5 Å². The molecule has 0 aliphatic carbocycles. The molecule has 1 aliphatic rings. The van der Waals surface area contributed by atoms with Crippen molar-refractivity contribution in [3.63, 3.8) is 0 Å². The van der Waals surface area contributed by atoms with Gasteiger partial charge in [0.2, 0.25) is 5.91 Å².